The Balaban J connectivity index is 0.000000340. The molecule has 0 saturated heterocycles. The van der Waals surface area contributed by atoms with Crippen molar-refractivity contribution in [3.05, 3.63) is 70.8 Å². The van der Waals surface area contributed by atoms with Crippen LogP contribution in [0.25, 0.3) is 0 Å². The van der Waals surface area contributed by atoms with Crippen molar-refractivity contribution in [2.24, 2.45) is 0 Å². The SMILES string of the molecule is CC(C)(C)OC(=O)c1ccc(C#CC#N)cc1.CC(C)(C)OC(=O)c1ccc(C#CCO)cc1. The molecule has 1 N–H and O–H groups in total. The lowest BCUT2D eigenvalue weighted by Crippen LogP contribution is -2.23. The molecule has 2 rings (SSSR count). The average molecular weight is 460 g/mol. The van der Waals surface area contributed by atoms with Crippen molar-refractivity contribution in [2.45, 2.75) is 52.7 Å². The third-order valence-corrected chi connectivity index (χ3v) is 3.61. The number of esters is 2. The molecule has 0 unspecified atom stereocenters. The van der Waals surface area contributed by atoms with Crippen LogP contribution in [0.3, 0.4) is 0 Å². The minimum Gasteiger partial charge on any atom is -0.456 e. The minimum atomic E-state index is -0.504. The molecule has 0 bridgehead atoms. The third-order valence-electron chi connectivity index (χ3n) is 3.61. The Bertz CT molecular complexity index is 1140. The molecule has 2 aromatic carbocycles. The summed E-state index contributed by atoms with van der Waals surface area (Å²) in [5.41, 5.74) is 1.42. The molecule has 0 aliphatic heterocycles. The molecule has 0 aromatic heterocycles. The fourth-order valence-electron chi connectivity index (χ4n) is 2.30. The van der Waals surface area contributed by atoms with E-state index in [0.717, 1.165) is 5.56 Å². The summed E-state index contributed by atoms with van der Waals surface area (Å²) in [6.07, 6.45) is 0. The molecule has 0 saturated carbocycles. The topological polar surface area (TPSA) is 96.6 Å². The standard InChI is InChI=1S/C14H13NO2.C14H16O3/c2*1-14(2,3)17-13(16)12-8-6-11(7-9-12)5-4-10-15/h6-9H,1-3H3;6-9,15H,10H2,1-3H3. The number of carbonyl (C=O) groups excluding carboxylic acids is 2. The predicted molar refractivity (Wildman–Crippen MR) is 130 cm³/mol. The van der Waals surface area contributed by atoms with Gasteiger partial charge in [-0.1, -0.05) is 17.8 Å². The summed E-state index contributed by atoms with van der Waals surface area (Å²) in [7, 11) is 0. The van der Waals surface area contributed by atoms with Crippen molar-refractivity contribution in [3.63, 3.8) is 0 Å². The van der Waals surface area contributed by atoms with E-state index < -0.39 is 11.2 Å². The molecule has 176 valence electrons. The molecule has 34 heavy (non-hydrogen) atoms. The first-order chi connectivity index (χ1) is 15.8. The number of aliphatic hydroxyl groups excluding tert-OH is 1. The van der Waals surface area contributed by atoms with E-state index in [0.29, 0.717) is 16.7 Å². The smallest absolute Gasteiger partial charge is 0.338 e. The van der Waals surface area contributed by atoms with E-state index in [4.69, 9.17) is 19.8 Å². The van der Waals surface area contributed by atoms with Gasteiger partial charge in [-0.25, -0.2) is 9.59 Å². The van der Waals surface area contributed by atoms with E-state index in [-0.39, 0.29) is 18.5 Å². The Kier molecular flexibility index (Phi) is 10.6. The van der Waals surface area contributed by atoms with E-state index in [1.165, 1.54) is 0 Å². The van der Waals surface area contributed by atoms with Crippen LogP contribution in [0, 0.1) is 35.0 Å². The van der Waals surface area contributed by atoms with Crippen LogP contribution in [-0.4, -0.2) is 34.9 Å². The van der Waals surface area contributed by atoms with E-state index >= 15 is 0 Å². The first-order valence-corrected chi connectivity index (χ1v) is 10.5. The molecule has 0 fully saturated rings. The van der Waals surface area contributed by atoms with Gasteiger partial charge in [-0.05, 0) is 90.1 Å². The van der Waals surface area contributed by atoms with Crippen molar-refractivity contribution in [3.8, 4) is 29.8 Å². The maximum atomic E-state index is 11.7. The van der Waals surface area contributed by atoms with Crippen LogP contribution in [0.5, 0.6) is 0 Å². The Labute approximate surface area is 201 Å². The highest BCUT2D eigenvalue weighted by atomic mass is 16.6. The van der Waals surface area contributed by atoms with Crippen LogP contribution in [0.15, 0.2) is 48.5 Å². The monoisotopic (exact) mass is 459 g/mol. The van der Waals surface area contributed by atoms with Gasteiger partial charge in [0.25, 0.3) is 0 Å². The molecule has 0 amide bonds. The zero-order chi connectivity index (χ0) is 25.8. The highest BCUT2D eigenvalue weighted by Crippen LogP contribution is 2.13. The minimum absolute atomic E-state index is 0.173. The van der Waals surface area contributed by atoms with Crippen LogP contribution >= 0.6 is 0 Å². The summed E-state index contributed by atoms with van der Waals surface area (Å²) in [5, 5.41) is 16.9. The van der Waals surface area contributed by atoms with Crippen LogP contribution in [0.1, 0.15) is 73.4 Å². The fourth-order valence-corrected chi connectivity index (χ4v) is 2.30. The van der Waals surface area contributed by atoms with Gasteiger partial charge < -0.3 is 14.6 Å². The molecule has 0 aliphatic carbocycles. The predicted octanol–water partition coefficient (Wildman–Crippen LogP) is 4.50. The van der Waals surface area contributed by atoms with Gasteiger partial charge in [-0.2, -0.15) is 5.26 Å². The van der Waals surface area contributed by atoms with Crippen LogP contribution in [-0.2, 0) is 9.47 Å². The van der Waals surface area contributed by atoms with Gasteiger partial charge in [-0.3, -0.25) is 0 Å². The zero-order valence-electron chi connectivity index (χ0n) is 20.4. The number of nitriles is 1. The largest absolute Gasteiger partial charge is 0.456 e. The summed E-state index contributed by atoms with van der Waals surface area (Å²) in [6.45, 7) is 10.8. The number of ether oxygens (including phenoxy) is 2. The molecular weight excluding hydrogens is 430 g/mol. The number of hydrogen-bond donors (Lipinski definition) is 1. The molecule has 2 aromatic rings. The van der Waals surface area contributed by atoms with Gasteiger partial charge in [0.05, 0.1) is 11.1 Å². The first-order valence-electron chi connectivity index (χ1n) is 10.5. The zero-order valence-corrected chi connectivity index (χ0v) is 20.4. The number of aliphatic hydroxyl groups is 1. The van der Waals surface area contributed by atoms with E-state index in [9.17, 15) is 9.59 Å². The molecular formula is C28H29NO5. The summed E-state index contributed by atoms with van der Waals surface area (Å²) in [6, 6.07) is 15.1. The second kappa shape index (κ2) is 12.9. The number of hydrogen-bond acceptors (Lipinski definition) is 6. The molecule has 6 heteroatoms. The Morgan fingerprint density at radius 2 is 1.15 bits per heavy atom. The molecule has 0 atom stereocenters. The van der Waals surface area contributed by atoms with Gasteiger partial charge in [0.2, 0.25) is 0 Å². The van der Waals surface area contributed by atoms with Crippen molar-refractivity contribution in [1.82, 2.24) is 0 Å². The molecule has 6 nitrogen and oxygen atoms in total. The van der Waals surface area contributed by atoms with Crippen molar-refractivity contribution in [2.75, 3.05) is 6.61 Å². The lowest BCUT2D eigenvalue weighted by Gasteiger charge is -2.19. The molecule has 0 radical (unpaired) electrons. The van der Waals surface area contributed by atoms with Crippen molar-refractivity contribution >= 4 is 11.9 Å². The third kappa shape index (κ3) is 11.5. The van der Waals surface area contributed by atoms with E-state index in [2.05, 4.69) is 23.7 Å². The fraction of sp³-hybridized carbons (Fsp3) is 0.321. The number of carbonyl (C=O) groups is 2. The van der Waals surface area contributed by atoms with Gasteiger partial charge in [0.15, 0.2) is 6.07 Å². The number of nitrogens with zero attached hydrogens (tertiary/aromatic N) is 1. The van der Waals surface area contributed by atoms with E-state index in [1.807, 2.05) is 41.5 Å². The second-order valence-corrected chi connectivity index (χ2v) is 8.98. The van der Waals surface area contributed by atoms with Crippen LogP contribution < -0.4 is 0 Å². The highest BCUT2D eigenvalue weighted by molar-refractivity contribution is 5.90. The lowest BCUT2D eigenvalue weighted by atomic mass is 10.1. The number of benzene rings is 2. The first kappa shape index (κ1) is 28.0. The maximum absolute atomic E-state index is 11.7. The normalized spacial score (nSPS) is 10.1. The average Bonchev–Trinajstić information content (AvgIpc) is 2.75. The Morgan fingerprint density at radius 3 is 1.47 bits per heavy atom. The summed E-state index contributed by atoms with van der Waals surface area (Å²) in [4.78, 5) is 23.4. The second-order valence-electron chi connectivity index (χ2n) is 8.98. The van der Waals surface area contributed by atoms with Gasteiger partial charge >= 0.3 is 11.9 Å². The van der Waals surface area contributed by atoms with Gasteiger partial charge in [0.1, 0.15) is 17.8 Å². The molecule has 0 aliphatic rings. The molecule has 0 heterocycles. The van der Waals surface area contributed by atoms with Crippen molar-refractivity contribution < 1.29 is 24.2 Å². The van der Waals surface area contributed by atoms with E-state index in [1.54, 1.807) is 54.6 Å². The Hall–Kier alpha value is -4.05. The summed E-state index contributed by atoms with van der Waals surface area (Å²) >= 11 is 0. The molecule has 0 spiro atoms. The quantitative estimate of drug-likeness (QED) is 0.525. The highest BCUT2D eigenvalue weighted by Gasteiger charge is 2.18. The number of rotatable bonds is 2. The van der Waals surface area contributed by atoms with Crippen molar-refractivity contribution in [1.29, 1.82) is 5.26 Å². The summed E-state index contributed by atoms with van der Waals surface area (Å²) < 4.78 is 10.4. The lowest BCUT2D eigenvalue weighted by molar-refractivity contribution is 0.00570. The maximum Gasteiger partial charge on any atom is 0.338 e. The summed E-state index contributed by atoms with van der Waals surface area (Å²) in [5.74, 6) is 9.52. The van der Waals surface area contributed by atoms with Gasteiger partial charge in [0, 0.05) is 17.0 Å². The van der Waals surface area contributed by atoms with Crippen LogP contribution in [0.2, 0.25) is 0 Å². The van der Waals surface area contributed by atoms with Gasteiger partial charge in [-0.15, -0.1) is 0 Å². The Morgan fingerprint density at radius 1 is 0.765 bits per heavy atom. The van der Waals surface area contributed by atoms with Crippen LogP contribution in [0.4, 0.5) is 0 Å².